The lowest BCUT2D eigenvalue weighted by atomic mass is 10.0. The Morgan fingerprint density at radius 2 is 2.31 bits per heavy atom. The first-order chi connectivity index (χ1) is 7.54. The summed E-state index contributed by atoms with van der Waals surface area (Å²) in [6.07, 6.45) is -1.00. The highest BCUT2D eigenvalue weighted by Gasteiger charge is 2.08. The first-order valence-corrected chi connectivity index (χ1v) is 4.67. The van der Waals surface area contributed by atoms with Crippen LogP contribution in [0.5, 0.6) is 0 Å². The van der Waals surface area contributed by atoms with Crippen LogP contribution in [0.4, 0.5) is 4.79 Å². The van der Waals surface area contributed by atoms with Crippen molar-refractivity contribution in [1.82, 2.24) is 4.90 Å². The summed E-state index contributed by atoms with van der Waals surface area (Å²) in [7, 11) is 1.47. The molecule has 4 nitrogen and oxygen atoms in total. The third-order valence-corrected chi connectivity index (χ3v) is 2.15. The third-order valence-electron chi connectivity index (χ3n) is 2.15. The third kappa shape index (κ3) is 2.85. The van der Waals surface area contributed by atoms with Crippen LogP contribution in [0.15, 0.2) is 30.8 Å². The van der Waals surface area contributed by atoms with E-state index < -0.39 is 6.09 Å². The van der Waals surface area contributed by atoms with Gasteiger partial charge in [0.05, 0.1) is 11.6 Å². The summed E-state index contributed by atoms with van der Waals surface area (Å²) < 4.78 is 0. The molecule has 1 aromatic carbocycles. The molecule has 0 saturated carbocycles. The summed E-state index contributed by atoms with van der Waals surface area (Å²) in [5, 5.41) is 17.4. The minimum atomic E-state index is -1.00. The van der Waals surface area contributed by atoms with Crippen molar-refractivity contribution in [2.24, 2.45) is 0 Å². The second-order valence-electron chi connectivity index (χ2n) is 3.43. The van der Waals surface area contributed by atoms with Crippen molar-refractivity contribution in [1.29, 1.82) is 5.26 Å². The highest BCUT2D eigenvalue weighted by Crippen LogP contribution is 2.14. The number of benzene rings is 1. The molecule has 0 aliphatic heterocycles. The van der Waals surface area contributed by atoms with Gasteiger partial charge >= 0.3 is 6.09 Å². The van der Waals surface area contributed by atoms with Crippen LogP contribution in [0.25, 0.3) is 5.57 Å². The Morgan fingerprint density at radius 1 is 1.62 bits per heavy atom. The van der Waals surface area contributed by atoms with Crippen molar-refractivity contribution in [3.05, 3.63) is 42.0 Å². The number of carboxylic acid groups (broad SMARTS) is 1. The number of nitrogens with zero attached hydrogens (tertiary/aromatic N) is 2. The Balaban J connectivity index is 2.81. The van der Waals surface area contributed by atoms with Gasteiger partial charge < -0.3 is 10.0 Å². The highest BCUT2D eigenvalue weighted by molar-refractivity contribution is 5.71. The molecular formula is C12H12N2O2. The first kappa shape index (κ1) is 11.8. The standard InChI is InChI=1S/C12H12N2O2/c1-9(8-14(2)12(15)16)11-5-3-4-10(6-11)7-13/h3-6H,1,8H2,2H3,(H,15,16). The molecule has 0 bridgehead atoms. The largest absolute Gasteiger partial charge is 0.465 e. The van der Waals surface area contributed by atoms with E-state index in [0.717, 1.165) is 10.5 Å². The monoisotopic (exact) mass is 216 g/mol. The van der Waals surface area contributed by atoms with E-state index >= 15 is 0 Å². The molecule has 0 saturated heterocycles. The number of rotatable bonds is 3. The molecule has 0 heterocycles. The van der Waals surface area contributed by atoms with Crippen molar-refractivity contribution in [3.8, 4) is 6.07 Å². The van der Waals surface area contributed by atoms with Crippen LogP contribution in [0.3, 0.4) is 0 Å². The summed E-state index contributed by atoms with van der Waals surface area (Å²) in [6.45, 7) is 4.03. The zero-order chi connectivity index (χ0) is 12.1. The molecule has 0 aliphatic carbocycles. The molecule has 0 fully saturated rings. The average molecular weight is 216 g/mol. The first-order valence-electron chi connectivity index (χ1n) is 4.67. The number of hydrogen-bond acceptors (Lipinski definition) is 2. The molecule has 0 spiro atoms. The summed E-state index contributed by atoms with van der Waals surface area (Å²) in [5.74, 6) is 0. The van der Waals surface area contributed by atoms with Gasteiger partial charge in [-0.05, 0) is 23.3 Å². The Bertz CT molecular complexity index is 460. The normalized spacial score (nSPS) is 9.25. The van der Waals surface area contributed by atoms with Gasteiger partial charge in [0, 0.05) is 13.6 Å². The van der Waals surface area contributed by atoms with E-state index in [9.17, 15) is 4.79 Å². The van der Waals surface area contributed by atoms with Gasteiger partial charge in [-0.1, -0.05) is 18.7 Å². The molecule has 1 rings (SSSR count). The fourth-order valence-electron chi connectivity index (χ4n) is 1.25. The minimum Gasteiger partial charge on any atom is -0.465 e. The van der Waals surface area contributed by atoms with Gasteiger partial charge in [-0.3, -0.25) is 0 Å². The van der Waals surface area contributed by atoms with Crippen LogP contribution >= 0.6 is 0 Å². The molecule has 1 aromatic rings. The molecular weight excluding hydrogens is 204 g/mol. The van der Waals surface area contributed by atoms with Crippen LogP contribution in [-0.4, -0.2) is 29.7 Å². The maximum absolute atomic E-state index is 10.6. The van der Waals surface area contributed by atoms with Crippen LogP contribution in [0.2, 0.25) is 0 Å². The smallest absolute Gasteiger partial charge is 0.407 e. The summed E-state index contributed by atoms with van der Waals surface area (Å²) in [6, 6.07) is 8.97. The number of nitriles is 1. The lowest BCUT2D eigenvalue weighted by Gasteiger charge is -2.14. The highest BCUT2D eigenvalue weighted by atomic mass is 16.4. The van der Waals surface area contributed by atoms with Crippen LogP contribution in [-0.2, 0) is 0 Å². The summed E-state index contributed by atoms with van der Waals surface area (Å²) >= 11 is 0. The molecule has 0 aromatic heterocycles. The Morgan fingerprint density at radius 3 is 2.88 bits per heavy atom. The molecule has 1 N–H and O–H groups in total. The van der Waals surface area contributed by atoms with E-state index in [-0.39, 0.29) is 6.54 Å². The topological polar surface area (TPSA) is 64.3 Å². The second kappa shape index (κ2) is 4.99. The molecule has 0 aliphatic rings. The molecule has 0 unspecified atom stereocenters. The van der Waals surface area contributed by atoms with Gasteiger partial charge in [-0.2, -0.15) is 5.26 Å². The van der Waals surface area contributed by atoms with Gasteiger partial charge in [0.25, 0.3) is 0 Å². The maximum Gasteiger partial charge on any atom is 0.407 e. The average Bonchev–Trinajstić information content (AvgIpc) is 2.28. The molecule has 4 heteroatoms. The lowest BCUT2D eigenvalue weighted by molar-refractivity contribution is 0.161. The summed E-state index contributed by atoms with van der Waals surface area (Å²) in [5.41, 5.74) is 1.99. The zero-order valence-electron chi connectivity index (χ0n) is 8.97. The zero-order valence-corrected chi connectivity index (χ0v) is 8.97. The van der Waals surface area contributed by atoms with Gasteiger partial charge in [0.1, 0.15) is 0 Å². The van der Waals surface area contributed by atoms with Gasteiger partial charge in [0.15, 0.2) is 0 Å². The van der Waals surface area contributed by atoms with Crippen molar-refractivity contribution in [2.75, 3.05) is 13.6 Å². The number of hydrogen-bond donors (Lipinski definition) is 1. The van der Waals surface area contributed by atoms with E-state index in [2.05, 4.69) is 6.58 Å². The van der Waals surface area contributed by atoms with Crippen LogP contribution < -0.4 is 0 Å². The Labute approximate surface area is 94.0 Å². The van der Waals surface area contributed by atoms with Crippen molar-refractivity contribution >= 4 is 11.7 Å². The number of amides is 1. The predicted octanol–water partition coefficient (Wildman–Crippen LogP) is 2.18. The van der Waals surface area contributed by atoms with Crippen molar-refractivity contribution in [2.45, 2.75) is 0 Å². The van der Waals surface area contributed by atoms with Crippen molar-refractivity contribution in [3.63, 3.8) is 0 Å². The second-order valence-corrected chi connectivity index (χ2v) is 3.43. The number of likely N-dealkylation sites (N-methyl/N-ethyl adjacent to an activating group) is 1. The quantitative estimate of drug-likeness (QED) is 0.842. The summed E-state index contributed by atoms with van der Waals surface area (Å²) in [4.78, 5) is 11.8. The fraction of sp³-hybridized carbons (Fsp3) is 0.167. The van der Waals surface area contributed by atoms with Crippen LogP contribution in [0.1, 0.15) is 11.1 Å². The molecule has 0 radical (unpaired) electrons. The van der Waals surface area contributed by atoms with E-state index in [1.54, 1.807) is 24.3 Å². The Hall–Kier alpha value is -2.28. The van der Waals surface area contributed by atoms with E-state index in [1.807, 2.05) is 6.07 Å². The Kier molecular flexibility index (Phi) is 3.67. The maximum atomic E-state index is 10.6. The SMILES string of the molecule is C=C(CN(C)C(=O)O)c1cccc(C#N)c1. The van der Waals surface area contributed by atoms with Crippen LogP contribution in [0, 0.1) is 11.3 Å². The van der Waals surface area contributed by atoms with E-state index in [1.165, 1.54) is 7.05 Å². The lowest BCUT2D eigenvalue weighted by Crippen LogP contribution is -2.26. The van der Waals surface area contributed by atoms with Crippen molar-refractivity contribution < 1.29 is 9.90 Å². The van der Waals surface area contributed by atoms with E-state index in [4.69, 9.17) is 10.4 Å². The molecule has 1 amide bonds. The predicted molar refractivity (Wildman–Crippen MR) is 60.8 cm³/mol. The molecule has 16 heavy (non-hydrogen) atoms. The fourth-order valence-corrected chi connectivity index (χ4v) is 1.25. The van der Waals surface area contributed by atoms with Gasteiger partial charge in [-0.15, -0.1) is 0 Å². The molecule has 82 valence electrons. The number of carbonyl (C=O) groups is 1. The molecule has 0 atom stereocenters. The minimum absolute atomic E-state index is 0.226. The van der Waals surface area contributed by atoms with Gasteiger partial charge in [0.2, 0.25) is 0 Å². The van der Waals surface area contributed by atoms with E-state index in [0.29, 0.717) is 11.1 Å². The van der Waals surface area contributed by atoms with Gasteiger partial charge in [-0.25, -0.2) is 4.79 Å².